The Balaban J connectivity index is 1.72. The minimum Gasteiger partial charge on any atom is -0.314 e. The Morgan fingerprint density at radius 2 is 2.15 bits per heavy atom. The zero-order valence-corrected chi connectivity index (χ0v) is 12.9. The summed E-state index contributed by atoms with van der Waals surface area (Å²) in [5.74, 6) is 1.81. The normalized spacial score (nSPS) is 23.1. The second-order valence-electron chi connectivity index (χ2n) is 6.38. The molecule has 0 bridgehead atoms. The highest BCUT2D eigenvalue weighted by molar-refractivity contribution is 7.99. The number of nitriles is 1. The van der Waals surface area contributed by atoms with Crippen LogP contribution in [0.25, 0.3) is 0 Å². The summed E-state index contributed by atoms with van der Waals surface area (Å²) in [5.41, 5.74) is 5.16. The summed E-state index contributed by atoms with van der Waals surface area (Å²) in [5, 5.41) is 19.1. The van der Waals surface area contributed by atoms with E-state index in [1.807, 2.05) is 0 Å². The quantitative estimate of drug-likeness (QED) is 0.815. The molecule has 2 saturated carbocycles. The topological polar surface area (TPSA) is 80.5 Å². The highest BCUT2D eigenvalue weighted by atomic mass is 32.2. The Morgan fingerprint density at radius 3 is 2.70 bits per heavy atom. The van der Waals surface area contributed by atoms with E-state index < -0.39 is 5.54 Å². The number of hydrogen-bond acceptors (Lipinski definition) is 5. The molecule has 2 aliphatic carbocycles. The predicted molar refractivity (Wildman–Crippen MR) is 78.4 cm³/mol. The second-order valence-corrected chi connectivity index (χ2v) is 7.78. The summed E-state index contributed by atoms with van der Waals surface area (Å²) in [6.07, 6.45) is 5.64. The van der Waals surface area contributed by atoms with Crippen molar-refractivity contribution >= 4 is 11.8 Å². The molecule has 6 heteroatoms. The molecule has 0 spiro atoms. The molecular formula is C14H21N5S. The van der Waals surface area contributed by atoms with Gasteiger partial charge in [0.15, 0.2) is 5.16 Å². The molecule has 1 aromatic rings. The van der Waals surface area contributed by atoms with Gasteiger partial charge in [-0.2, -0.15) is 5.26 Å². The van der Waals surface area contributed by atoms with Crippen LogP contribution < -0.4 is 5.73 Å². The van der Waals surface area contributed by atoms with Crippen molar-refractivity contribution < 1.29 is 0 Å². The van der Waals surface area contributed by atoms with E-state index in [1.54, 1.807) is 18.7 Å². The van der Waals surface area contributed by atoms with Crippen LogP contribution in [0.2, 0.25) is 0 Å². The van der Waals surface area contributed by atoms with Crippen molar-refractivity contribution in [3.05, 3.63) is 5.82 Å². The van der Waals surface area contributed by atoms with Crippen LogP contribution in [0.4, 0.5) is 0 Å². The van der Waals surface area contributed by atoms with Gasteiger partial charge in [-0.25, -0.2) is 0 Å². The lowest BCUT2D eigenvalue weighted by molar-refractivity contribution is 0.543. The van der Waals surface area contributed by atoms with Gasteiger partial charge in [0.1, 0.15) is 11.4 Å². The third kappa shape index (κ3) is 2.99. The molecule has 2 fully saturated rings. The summed E-state index contributed by atoms with van der Waals surface area (Å²) in [7, 11) is 0. The summed E-state index contributed by atoms with van der Waals surface area (Å²) >= 11 is 1.71. The SMILES string of the molecule is CC(CC(C)(N)C#N)Sc1nnc(C2CC2)n1C1CC1. The molecule has 108 valence electrons. The van der Waals surface area contributed by atoms with Crippen LogP contribution in [-0.2, 0) is 0 Å². The first kappa shape index (κ1) is 13.9. The second kappa shape index (κ2) is 5.05. The number of aromatic nitrogens is 3. The van der Waals surface area contributed by atoms with Crippen molar-refractivity contribution in [3.8, 4) is 6.07 Å². The zero-order chi connectivity index (χ0) is 14.3. The third-order valence-corrected chi connectivity index (χ3v) is 4.88. The molecule has 1 heterocycles. The lowest BCUT2D eigenvalue weighted by Crippen LogP contribution is -2.36. The van der Waals surface area contributed by atoms with Crippen molar-refractivity contribution in [1.82, 2.24) is 14.8 Å². The Bertz CT molecular complexity index is 536. The molecule has 2 N–H and O–H groups in total. The number of nitrogens with two attached hydrogens (primary N) is 1. The fourth-order valence-corrected chi connectivity index (χ4v) is 3.76. The standard InChI is InChI=1S/C14H21N5S/c1-9(7-14(2,16)8-15)20-13-18-17-12(10-3-4-10)19(13)11-5-6-11/h9-11H,3-7,16H2,1-2H3. The minimum absolute atomic E-state index is 0.262. The van der Waals surface area contributed by atoms with E-state index in [-0.39, 0.29) is 5.25 Å². The van der Waals surface area contributed by atoms with Gasteiger partial charge < -0.3 is 10.3 Å². The fourth-order valence-electron chi connectivity index (χ4n) is 2.53. The molecule has 2 unspecified atom stereocenters. The molecule has 0 amide bonds. The summed E-state index contributed by atoms with van der Waals surface area (Å²) < 4.78 is 2.35. The molecule has 0 aromatic carbocycles. The Labute approximate surface area is 123 Å². The van der Waals surface area contributed by atoms with Crippen molar-refractivity contribution in [1.29, 1.82) is 5.26 Å². The first-order chi connectivity index (χ1) is 9.50. The lowest BCUT2D eigenvalue weighted by Gasteiger charge is -2.20. The van der Waals surface area contributed by atoms with Crippen molar-refractivity contribution in [2.75, 3.05) is 0 Å². The van der Waals surface area contributed by atoms with Gasteiger partial charge in [-0.15, -0.1) is 10.2 Å². The van der Waals surface area contributed by atoms with Crippen LogP contribution in [0, 0.1) is 11.3 Å². The highest BCUT2D eigenvalue weighted by Crippen LogP contribution is 2.46. The van der Waals surface area contributed by atoms with Crippen LogP contribution in [0.15, 0.2) is 5.16 Å². The van der Waals surface area contributed by atoms with E-state index >= 15 is 0 Å². The third-order valence-electron chi connectivity index (χ3n) is 3.82. The summed E-state index contributed by atoms with van der Waals surface area (Å²) in [6, 6.07) is 2.77. The molecule has 0 radical (unpaired) electrons. The van der Waals surface area contributed by atoms with Crippen LogP contribution in [0.3, 0.4) is 0 Å². The first-order valence-corrected chi connectivity index (χ1v) is 8.20. The Morgan fingerprint density at radius 1 is 1.45 bits per heavy atom. The van der Waals surface area contributed by atoms with Gasteiger partial charge >= 0.3 is 0 Å². The van der Waals surface area contributed by atoms with Crippen molar-refractivity contribution in [2.45, 2.75) is 73.9 Å². The molecule has 5 nitrogen and oxygen atoms in total. The maximum atomic E-state index is 9.03. The average Bonchev–Trinajstić information content (AvgIpc) is 3.28. The van der Waals surface area contributed by atoms with E-state index in [0.717, 1.165) is 5.16 Å². The van der Waals surface area contributed by atoms with E-state index in [2.05, 4.69) is 27.8 Å². The van der Waals surface area contributed by atoms with E-state index in [4.69, 9.17) is 11.0 Å². The molecule has 0 saturated heterocycles. The van der Waals surface area contributed by atoms with E-state index in [0.29, 0.717) is 18.4 Å². The van der Waals surface area contributed by atoms with Crippen molar-refractivity contribution in [2.24, 2.45) is 5.73 Å². The van der Waals surface area contributed by atoms with Gasteiger partial charge in [-0.05, 0) is 39.0 Å². The lowest BCUT2D eigenvalue weighted by atomic mass is 10.00. The maximum absolute atomic E-state index is 9.03. The zero-order valence-electron chi connectivity index (χ0n) is 12.0. The molecular weight excluding hydrogens is 270 g/mol. The number of hydrogen-bond donors (Lipinski definition) is 1. The summed E-state index contributed by atoms with van der Waals surface area (Å²) in [4.78, 5) is 0. The molecule has 2 aliphatic rings. The number of rotatable bonds is 6. The largest absolute Gasteiger partial charge is 0.314 e. The maximum Gasteiger partial charge on any atom is 0.191 e. The minimum atomic E-state index is -0.768. The molecule has 3 rings (SSSR count). The van der Waals surface area contributed by atoms with Gasteiger partial charge in [0, 0.05) is 17.2 Å². The molecule has 2 atom stereocenters. The van der Waals surface area contributed by atoms with Gasteiger partial charge in [-0.3, -0.25) is 0 Å². The van der Waals surface area contributed by atoms with E-state index in [1.165, 1.54) is 31.5 Å². The van der Waals surface area contributed by atoms with Gasteiger partial charge in [-0.1, -0.05) is 18.7 Å². The van der Waals surface area contributed by atoms with E-state index in [9.17, 15) is 0 Å². The van der Waals surface area contributed by atoms with Crippen LogP contribution in [0.1, 0.15) is 63.7 Å². The average molecular weight is 291 g/mol. The first-order valence-electron chi connectivity index (χ1n) is 7.32. The van der Waals surface area contributed by atoms with Gasteiger partial charge in [0.25, 0.3) is 0 Å². The predicted octanol–water partition coefficient (Wildman–Crippen LogP) is 2.60. The Hall–Kier alpha value is -1.06. The monoisotopic (exact) mass is 291 g/mol. The highest BCUT2D eigenvalue weighted by Gasteiger charge is 2.37. The summed E-state index contributed by atoms with van der Waals surface area (Å²) in [6.45, 7) is 3.89. The van der Waals surface area contributed by atoms with Crippen LogP contribution >= 0.6 is 11.8 Å². The number of thioether (sulfide) groups is 1. The smallest absolute Gasteiger partial charge is 0.191 e. The fraction of sp³-hybridized carbons (Fsp3) is 0.786. The molecule has 20 heavy (non-hydrogen) atoms. The van der Waals surface area contributed by atoms with Crippen LogP contribution in [0.5, 0.6) is 0 Å². The van der Waals surface area contributed by atoms with Crippen molar-refractivity contribution in [3.63, 3.8) is 0 Å². The van der Waals surface area contributed by atoms with Gasteiger partial charge in [0.05, 0.1) is 6.07 Å². The molecule has 1 aromatic heterocycles. The molecule has 0 aliphatic heterocycles. The Kier molecular flexibility index (Phi) is 3.51. The number of nitrogens with zero attached hydrogens (tertiary/aromatic N) is 4. The van der Waals surface area contributed by atoms with Crippen LogP contribution in [-0.4, -0.2) is 25.6 Å². The van der Waals surface area contributed by atoms with Gasteiger partial charge in [0.2, 0.25) is 0 Å².